The Bertz CT molecular complexity index is 527. The molecule has 1 fully saturated rings. The molecule has 18 heavy (non-hydrogen) atoms. The standard InChI is InChI=1S/C11H15ClN2O3S/c1-8-7-14(5-6-17-8)18(15,16)11-9(12)3-2-4-10(11)13/h2-4,8H,5-7,13H2,1H3. The molecule has 1 unspecified atom stereocenters. The molecular formula is C11H15ClN2O3S. The maximum atomic E-state index is 12.5. The van der Waals surface area contributed by atoms with Crippen molar-refractivity contribution in [3.63, 3.8) is 0 Å². The van der Waals surface area contributed by atoms with Crippen molar-refractivity contribution in [1.82, 2.24) is 4.31 Å². The molecule has 0 spiro atoms. The summed E-state index contributed by atoms with van der Waals surface area (Å²) in [5.41, 5.74) is 5.90. The first-order valence-electron chi connectivity index (χ1n) is 5.58. The Balaban J connectivity index is 2.42. The first kappa shape index (κ1) is 13.6. The van der Waals surface area contributed by atoms with Crippen LogP contribution in [0.5, 0.6) is 0 Å². The number of nitrogens with zero attached hydrogens (tertiary/aromatic N) is 1. The number of rotatable bonds is 2. The third kappa shape index (κ3) is 2.47. The quantitative estimate of drug-likeness (QED) is 0.834. The van der Waals surface area contributed by atoms with Crippen molar-refractivity contribution >= 4 is 27.3 Å². The van der Waals surface area contributed by atoms with Gasteiger partial charge >= 0.3 is 0 Å². The highest BCUT2D eigenvalue weighted by molar-refractivity contribution is 7.89. The summed E-state index contributed by atoms with van der Waals surface area (Å²) in [5.74, 6) is 0. The predicted molar refractivity (Wildman–Crippen MR) is 70.0 cm³/mol. The zero-order valence-corrected chi connectivity index (χ0v) is 11.5. The number of hydrogen-bond acceptors (Lipinski definition) is 4. The fourth-order valence-corrected chi connectivity index (χ4v) is 4.07. The lowest BCUT2D eigenvalue weighted by Crippen LogP contribution is -2.44. The van der Waals surface area contributed by atoms with Crippen LogP contribution in [0.25, 0.3) is 0 Å². The molecule has 1 atom stereocenters. The summed E-state index contributed by atoms with van der Waals surface area (Å²) in [6.45, 7) is 2.84. The molecule has 7 heteroatoms. The molecule has 1 heterocycles. The van der Waals surface area contributed by atoms with Crippen molar-refractivity contribution in [2.45, 2.75) is 17.9 Å². The van der Waals surface area contributed by atoms with Crippen LogP contribution in [0.15, 0.2) is 23.1 Å². The molecule has 1 aliphatic rings. The van der Waals surface area contributed by atoms with Crippen LogP contribution < -0.4 is 5.73 Å². The average molecular weight is 291 g/mol. The largest absolute Gasteiger partial charge is 0.398 e. The monoisotopic (exact) mass is 290 g/mol. The summed E-state index contributed by atoms with van der Waals surface area (Å²) in [7, 11) is -3.66. The van der Waals surface area contributed by atoms with Crippen molar-refractivity contribution in [3.05, 3.63) is 23.2 Å². The highest BCUT2D eigenvalue weighted by Crippen LogP contribution is 2.30. The van der Waals surface area contributed by atoms with Crippen molar-refractivity contribution in [3.8, 4) is 0 Å². The van der Waals surface area contributed by atoms with Crippen LogP contribution >= 0.6 is 11.6 Å². The number of benzene rings is 1. The number of hydrogen-bond donors (Lipinski definition) is 1. The Kier molecular flexibility index (Phi) is 3.82. The van der Waals surface area contributed by atoms with E-state index in [0.717, 1.165) is 0 Å². The van der Waals surface area contributed by atoms with Crippen LogP contribution in [-0.2, 0) is 14.8 Å². The summed E-state index contributed by atoms with van der Waals surface area (Å²) in [6, 6.07) is 4.68. The van der Waals surface area contributed by atoms with Gasteiger partial charge in [0.05, 0.1) is 23.4 Å². The van der Waals surface area contributed by atoms with Gasteiger partial charge in [-0.3, -0.25) is 0 Å². The lowest BCUT2D eigenvalue weighted by Gasteiger charge is -2.30. The number of morpholine rings is 1. The summed E-state index contributed by atoms with van der Waals surface area (Å²) in [5, 5.41) is 0.147. The molecule has 0 bridgehead atoms. The molecule has 1 aromatic carbocycles. The van der Waals surface area contributed by atoms with Crippen LogP contribution in [0.4, 0.5) is 5.69 Å². The minimum absolute atomic E-state index is 0.0132. The molecule has 0 aromatic heterocycles. The van der Waals surface area contributed by atoms with Crippen molar-refractivity contribution < 1.29 is 13.2 Å². The van der Waals surface area contributed by atoms with Crippen LogP contribution in [0.1, 0.15) is 6.92 Å². The number of anilines is 1. The molecule has 1 aliphatic heterocycles. The first-order valence-corrected chi connectivity index (χ1v) is 7.40. The predicted octanol–water partition coefficient (Wildman–Crippen LogP) is 1.33. The summed E-state index contributed by atoms with van der Waals surface area (Å²) < 4.78 is 31.6. The second kappa shape index (κ2) is 5.05. The molecule has 2 N–H and O–H groups in total. The van der Waals surface area contributed by atoms with Gasteiger partial charge in [0.15, 0.2) is 0 Å². The van der Waals surface area contributed by atoms with E-state index in [2.05, 4.69) is 0 Å². The Hall–Kier alpha value is -0.820. The number of nitrogen functional groups attached to an aromatic ring is 1. The van der Waals surface area contributed by atoms with Gasteiger partial charge in [-0.2, -0.15) is 4.31 Å². The summed E-state index contributed by atoms with van der Waals surface area (Å²) >= 11 is 5.95. The van der Waals surface area contributed by atoms with Crippen molar-refractivity contribution in [1.29, 1.82) is 0 Å². The maximum Gasteiger partial charge on any atom is 0.246 e. The van der Waals surface area contributed by atoms with E-state index in [-0.39, 0.29) is 21.7 Å². The molecular weight excluding hydrogens is 276 g/mol. The van der Waals surface area contributed by atoms with Gasteiger partial charge in [-0.15, -0.1) is 0 Å². The Morgan fingerprint density at radius 1 is 1.50 bits per heavy atom. The van der Waals surface area contributed by atoms with E-state index in [9.17, 15) is 8.42 Å². The highest BCUT2D eigenvalue weighted by atomic mass is 35.5. The van der Waals surface area contributed by atoms with E-state index in [0.29, 0.717) is 19.7 Å². The molecule has 0 amide bonds. The van der Waals surface area contributed by atoms with Crippen LogP contribution in [0, 0.1) is 0 Å². The van der Waals surface area contributed by atoms with Crippen LogP contribution in [-0.4, -0.2) is 38.5 Å². The molecule has 100 valence electrons. The van der Waals surface area contributed by atoms with Gasteiger partial charge in [0.2, 0.25) is 10.0 Å². The zero-order chi connectivity index (χ0) is 13.3. The second-order valence-electron chi connectivity index (χ2n) is 4.20. The fraction of sp³-hybridized carbons (Fsp3) is 0.455. The van der Waals surface area contributed by atoms with Gasteiger partial charge < -0.3 is 10.5 Å². The average Bonchev–Trinajstić information content (AvgIpc) is 2.28. The second-order valence-corrected chi connectivity index (χ2v) is 6.48. The summed E-state index contributed by atoms with van der Waals surface area (Å²) in [4.78, 5) is -0.0132. The molecule has 1 saturated heterocycles. The normalized spacial score (nSPS) is 22.0. The SMILES string of the molecule is CC1CN(S(=O)(=O)c2c(N)cccc2Cl)CCO1. The van der Waals surface area contributed by atoms with Crippen molar-refractivity contribution in [2.75, 3.05) is 25.4 Å². The number of ether oxygens (including phenoxy) is 1. The smallest absolute Gasteiger partial charge is 0.246 e. The van der Waals surface area contributed by atoms with E-state index in [1.54, 1.807) is 6.07 Å². The van der Waals surface area contributed by atoms with Gasteiger partial charge in [-0.25, -0.2) is 8.42 Å². The maximum absolute atomic E-state index is 12.5. The van der Waals surface area contributed by atoms with Crippen LogP contribution in [0.2, 0.25) is 5.02 Å². The number of halogens is 1. The van der Waals surface area contributed by atoms with Gasteiger partial charge in [-0.05, 0) is 19.1 Å². The third-order valence-electron chi connectivity index (χ3n) is 2.80. The van der Waals surface area contributed by atoms with Gasteiger partial charge in [0.25, 0.3) is 0 Å². The van der Waals surface area contributed by atoms with Gasteiger partial charge in [-0.1, -0.05) is 17.7 Å². The molecule has 5 nitrogen and oxygen atoms in total. The summed E-state index contributed by atoms with van der Waals surface area (Å²) in [6.07, 6.45) is -0.128. The molecule has 0 radical (unpaired) electrons. The highest BCUT2D eigenvalue weighted by Gasteiger charge is 2.32. The fourth-order valence-electron chi connectivity index (χ4n) is 1.93. The van der Waals surface area contributed by atoms with E-state index >= 15 is 0 Å². The molecule has 2 rings (SSSR count). The Labute approximate surface area is 112 Å². The first-order chi connectivity index (χ1) is 8.43. The van der Waals surface area contributed by atoms with E-state index in [1.807, 2.05) is 6.92 Å². The molecule has 0 saturated carbocycles. The van der Waals surface area contributed by atoms with E-state index in [1.165, 1.54) is 16.4 Å². The number of sulfonamides is 1. The third-order valence-corrected chi connectivity index (χ3v) is 5.21. The van der Waals surface area contributed by atoms with E-state index in [4.69, 9.17) is 22.1 Å². The minimum atomic E-state index is -3.66. The lowest BCUT2D eigenvalue weighted by molar-refractivity contribution is 0.0102. The minimum Gasteiger partial charge on any atom is -0.398 e. The zero-order valence-electron chi connectivity index (χ0n) is 9.97. The molecule has 0 aliphatic carbocycles. The molecule has 1 aromatic rings. The Morgan fingerprint density at radius 3 is 2.83 bits per heavy atom. The van der Waals surface area contributed by atoms with Gasteiger partial charge in [0, 0.05) is 13.1 Å². The van der Waals surface area contributed by atoms with Gasteiger partial charge in [0.1, 0.15) is 4.90 Å². The van der Waals surface area contributed by atoms with Crippen LogP contribution in [0.3, 0.4) is 0 Å². The van der Waals surface area contributed by atoms with E-state index < -0.39 is 10.0 Å². The number of nitrogens with two attached hydrogens (primary N) is 1. The Morgan fingerprint density at radius 2 is 2.22 bits per heavy atom. The lowest BCUT2D eigenvalue weighted by atomic mass is 10.3. The van der Waals surface area contributed by atoms with Crippen molar-refractivity contribution in [2.24, 2.45) is 0 Å². The topological polar surface area (TPSA) is 72.6 Å².